The van der Waals surface area contributed by atoms with E-state index in [1.807, 2.05) is 6.07 Å². The third kappa shape index (κ3) is 5.75. The number of hydrogen-bond acceptors (Lipinski definition) is 7. The van der Waals surface area contributed by atoms with Gasteiger partial charge in [-0.3, -0.25) is 10.2 Å². The van der Waals surface area contributed by atoms with E-state index in [-0.39, 0.29) is 6.17 Å². The lowest BCUT2D eigenvalue weighted by atomic mass is 9.99. The van der Waals surface area contributed by atoms with Crippen LogP contribution in [0.4, 0.5) is 11.6 Å². The topological polar surface area (TPSA) is 105 Å². The van der Waals surface area contributed by atoms with Crippen molar-refractivity contribution in [1.82, 2.24) is 20.2 Å². The molecule has 0 spiro atoms. The Morgan fingerprint density at radius 1 is 1.18 bits per heavy atom. The maximum Gasteiger partial charge on any atom is 0.169 e. The molecule has 7 nitrogen and oxygen atoms in total. The minimum Gasteiger partial charge on any atom is -0.381 e. The highest BCUT2D eigenvalue weighted by Gasteiger charge is 2.17. The van der Waals surface area contributed by atoms with Gasteiger partial charge in [0.1, 0.15) is 0 Å². The molecule has 1 aromatic heterocycles. The third-order valence-corrected chi connectivity index (χ3v) is 6.57. The Hall–Kier alpha value is -2.42. The summed E-state index contributed by atoms with van der Waals surface area (Å²) in [6.07, 6.45) is 2.66. The van der Waals surface area contributed by atoms with Gasteiger partial charge in [0.25, 0.3) is 0 Å². The van der Waals surface area contributed by atoms with E-state index in [2.05, 4.69) is 45.6 Å². The molecule has 1 unspecified atom stereocenters. The van der Waals surface area contributed by atoms with Gasteiger partial charge in [0.2, 0.25) is 0 Å². The summed E-state index contributed by atoms with van der Waals surface area (Å²) in [6, 6.07) is 11.9. The number of benzene rings is 2. The molecule has 0 amide bonds. The van der Waals surface area contributed by atoms with Gasteiger partial charge in [-0.15, -0.1) is 0 Å². The molecule has 1 atom stereocenters. The first-order valence-corrected chi connectivity index (χ1v) is 11.8. The van der Waals surface area contributed by atoms with E-state index in [0.717, 1.165) is 49.4 Å². The molecule has 1 aliphatic heterocycles. The van der Waals surface area contributed by atoms with E-state index >= 15 is 0 Å². The lowest BCUT2D eigenvalue weighted by Gasteiger charge is -2.32. The van der Waals surface area contributed by atoms with Crippen molar-refractivity contribution in [3.05, 3.63) is 69.3 Å². The number of aryl methyl sites for hydroxylation is 1. The second-order valence-corrected chi connectivity index (χ2v) is 8.99. The summed E-state index contributed by atoms with van der Waals surface area (Å²) in [5.74, 6) is 0.824. The lowest BCUT2D eigenvalue weighted by molar-refractivity contribution is 0.194. The number of nitrogens with one attached hydrogen (secondary N) is 2. The Balaban J connectivity index is 1.53. The summed E-state index contributed by atoms with van der Waals surface area (Å²) < 4.78 is 0. The van der Waals surface area contributed by atoms with Crippen molar-refractivity contribution >= 4 is 34.8 Å². The van der Waals surface area contributed by atoms with Crippen LogP contribution in [0.3, 0.4) is 0 Å². The number of halogens is 2. The summed E-state index contributed by atoms with van der Waals surface area (Å²) in [4.78, 5) is 11.5. The van der Waals surface area contributed by atoms with Gasteiger partial charge in [0.05, 0.1) is 18.1 Å². The van der Waals surface area contributed by atoms with Crippen LogP contribution >= 0.6 is 23.2 Å². The number of rotatable bonds is 7. The number of piperazine rings is 1. The molecule has 1 fully saturated rings. The first kappa shape index (κ1) is 23.7. The summed E-state index contributed by atoms with van der Waals surface area (Å²) in [7, 11) is 0. The van der Waals surface area contributed by atoms with Gasteiger partial charge in [-0.25, -0.2) is 9.97 Å². The molecule has 1 aliphatic rings. The first-order chi connectivity index (χ1) is 15.9. The zero-order valence-electron chi connectivity index (χ0n) is 18.6. The fourth-order valence-electron chi connectivity index (χ4n) is 4.04. The van der Waals surface area contributed by atoms with Crippen LogP contribution in [0.1, 0.15) is 23.6 Å². The number of hydrogen-bond donors (Lipinski definition) is 4. The van der Waals surface area contributed by atoms with Crippen LogP contribution in [0, 0.1) is 0 Å². The number of nitrogens with zero attached hydrogens (tertiary/aromatic N) is 3. The van der Waals surface area contributed by atoms with E-state index in [1.54, 1.807) is 18.3 Å². The maximum atomic E-state index is 6.28. The SMILES string of the molecule is CCc1cc(-c2cnc(N)c(NCc3c(Cl)cccc3Cl)n2)ccc1CN1CCNC(N)C1. The van der Waals surface area contributed by atoms with Gasteiger partial charge in [-0.05, 0) is 35.7 Å². The number of nitrogen functional groups attached to an aromatic ring is 1. The lowest BCUT2D eigenvalue weighted by Crippen LogP contribution is -2.54. The minimum atomic E-state index is 0.0275. The molecule has 0 saturated carbocycles. The standard InChI is InChI=1S/C24H29Cl2N7/c1-2-15-10-16(6-7-17(15)13-33-9-8-29-22(27)14-33)21-12-30-23(28)24(32-21)31-11-18-19(25)4-3-5-20(18)26/h3-7,10,12,22,29H,2,8-9,11,13-14,27H2,1H3,(H2,28,30)(H,31,32). The van der Waals surface area contributed by atoms with Crippen molar-refractivity contribution in [3.8, 4) is 11.3 Å². The quantitative estimate of drug-likeness (QED) is 0.402. The average Bonchev–Trinajstić information content (AvgIpc) is 2.80. The molecular weight excluding hydrogens is 457 g/mol. The van der Waals surface area contributed by atoms with E-state index in [4.69, 9.17) is 39.7 Å². The molecule has 0 bridgehead atoms. The number of anilines is 2. The highest BCUT2D eigenvalue weighted by molar-refractivity contribution is 6.36. The second kappa shape index (κ2) is 10.7. The van der Waals surface area contributed by atoms with E-state index in [9.17, 15) is 0 Å². The smallest absolute Gasteiger partial charge is 0.169 e. The van der Waals surface area contributed by atoms with Crippen LogP contribution in [0.25, 0.3) is 11.3 Å². The Morgan fingerprint density at radius 2 is 1.97 bits per heavy atom. The molecule has 174 valence electrons. The summed E-state index contributed by atoms with van der Waals surface area (Å²) in [5.41, 5.74) is 17.3. The van der Waals surface area contributed by atoms with Crippen LogP contribution in [0.2, 0.25) is 10.0 Å². The van der Waals surface area contributed by atoms with Gasteiger partial charge >= 0.3 is 0 Å². The maximum absolute atomic E-state index is 6.28. The molecule has 9 heteroatoms. The second-order valence-electron chi connectivity index (χ2n) is 8.18. The molecule has 0 aliphatic carbocycles. The van der Waals surface area contributed by atoms with Crippen molar-refractivity contribution in [1.29, 1.82) is 0 Å². The van der Waals surface area contributed by atoms with Crippen LogP contribution < -0.4 is 22.1 Å². The van der Waals surface area contributed by atoms with E-state index in [0.29, 0.717) is 28.2 Å². The zero-order valence-corrected chi connectivity index (χ0v) is 20.1. The summed E-state index contributed by atoms with van der Waals surface area (Å²) in [6.45, 7) is 6.20. The van der Waals surface area contributed by atoms with Crippen molar-refractivity contribution in [2.24, 2.45) is 5.73 Å². The Labute approximate surface area is 204 Å². The van der Waals surface area contributed by atoms with Gasteiger partial charge in [0, 0.05) is 53.9 Å². The predicted molar refractivity (Wildman–Crippen MR) is 136 cm³/mol. The molecular formula is C24H29Cl2N7. The van der Waals surface area contributed by atoms with Gasteiger partial charge in [0.15, 0.2) is 11.6 Å². The van der Waals surface area contributed by atoms with E-state index < -0.39 is 0 Å². The van der Waals surface area contributed by atoms with Crippen molar-refractivity contribution in [2.45, 2.75) is 32.6 Å². The number of nitrogens with two attached hydrogens (primary N) is 2. The highest BCUT2D eigenvalue weighted by atomic mass is 35.5. The van der Waals surface area contributed by atoms with Crippen LogP contribution in [-0.2, 0) is 19.5 Å². The normalized spacial score (nSPS) is 16.7. The molecule has 1 saturated heterocycles. The van der Waals surface area contributed by atoms with Crippen LogP contribution in [0.5, 0.6) is 0 Å². The summed E-state index contributed by atoms with van der Waals surface area (Å²) in [5, 5.41) is 7.69. The van der Waals surface area contributed by atoms with Gasteiger partial charge in [-0.1, -0.05) is 48.3 Å². The van der Waals surface area contributed by atoms with Gasteiger partial charge < -0.3 is 16.8 Å². The fraction of sp³-hybridized carbons (Fsp3) is 0.333. The molecule has 4 rings (SSSR count). The zero-order chi connectivity index (χ0) is 23.4. The predicted octanol–water partition coefficient (Wildman–Crippen LogP) is 3.90. The number of aromatic nitrogens is 2. The first-order valence-electron chi connectivity index (χ1n) is 11.1. The highest BCUT2D eigenvalue weighted by Crippen LogP contribution is 2.28. The van der Waals surface area contributed by atoms with Crippen molar-refractivity contribution in [2.75, 3.05) is 30.7 Å². The van der Waals surface area contributed by atoms with Crippen LogP contribution in [0.15, 0.2) is 42.6 Å². The summed E-state index contributed by atoms with van der Waals surface area (Å²) >= 11 is 12.6. The van der Waals surface area contributed by atoms with Crippen LogP contribution in [-0.4, -0.2) is 40.7 Å². The Bertz CT molecular complexity index is 1100. The fourth-order valence-corrected chi connectivity index (χ4v) is 4.57. The Morgan fingerprint density at radius 3 is 2.70 bits per heavy atom. The van der Waals surface area contributed by atoms with Gasteiger partial charge in [-0.2, -0.15) is 0 Å². The third-order valence-electron chi connectivity index (χ3n) is 5.86. The molecule has 2 heterocycles. The molecule has 33 heavy (non-hydrogen) atoms. The Kier molecular flexibility index (Phi) is 7.67. The molecule has 2 aromatic carbocycles. The van der Waals surface area contributed by atoms with Crippen molar-refractivity contribution in [3.63, 3.8) is 0 Å². The molecule has 3 aromatic rings. The molecule has 0 radical (unpaired) electrons. The molecule has 6 N–H and O–H groups in total. The van der Waals surface area contributed by atoms with E-state index in [1.165, 1.54) is 11.1 Å². The minimum absolute atomic E-state index is 0.0275. The average molecular weight is 486 g/mol. The monoisotopic (exact) mass is 485 g/mol. The largest absolute Gasteiger partial charge is 0.381 e. The van der Waals surface area contributed by atoms with Crippen molar-refractivity contribution < 1.29 is 0 Å².